The lowest BCUT2D eigenvalue weighted by atomic mass is 10.1. The Labute approximate surface area is 131 Å². The summed E-state index contributed by atoms with van der Waals surface area (Å²) in [6.07, 6.45) is 22.4. The summed E-state index contributed by atoms with van der Waals surface area (Å²) in [4.78, 5) is 0. The Hall–Kier alpha value is -0.170. The van der Waals surface area contributed by atoms with E-state index in [2.05, 4.69) is 43.8 Å². The average Bonchev–Trinajstić information content (AvgIpc) is 2.99. The van der Waals surface area contributed by atoms with Crippen LogP contribution in [0.1, 0.15) is 84.5 Å². The Morgan fingerprint density at radius 1 is 0.950 bits per heavy atom. The predicted molar refractivity (Wildman–Crippen MR) is 95.6 cm³/mol. The largest absolute Gasteiger partial charge is 0.154 e. The van der Waals surface area contributed by atoms with E-state index >= 15 is 0 Å². The van der Waals surface area contributed by atoms with Gasteiger partial charge in [-0.15, -0.1) is 0 Å². The van der Waals surface area contributed by atoms with Crippen LogP contribution in [0.5, 0.6) is 0 Å². The van der Waals surface area contributed by atoms with Gasteiger partial charge < -0.3 is 0 Å². The minimum absolute atomic E-state index is 0.726. The third-order valence-electron chi connectivity index (χ3n) is 4.19. The van der Waals surface area contributed by atoms with Crippen LogP contribution in [0.15, 0.2) is 23.8 Å². The maximum atomic E-state index is 2.36. The van der Waals surface area contributed by atoms with E-state index < -0.39 is 0 Å². The third-order valence-corrected chi connectivity index (χ3v) is 5.51. The summed E-state index contributed by atoms with van der Waals surface area (Å²) in [5, 5.41) is 0.726. The first-order chi connectivity index (χ1) is 9.84. The SMILES string of the molecule is CCCCCCCCCCCCSC(C)C1=CC=CC1. The molecule has 0 radical (unpaired) electrons. The summed E-state index contributed by atoms with van der Waals surface area (Å²) in [6, 6.07) is 0. The number of hydrogen-bond acceptors (Lipinski definition) is 1. The van der Waals surface area contributed by atoms with Crippen molar-refractivity contribution in [1.82, 2.24) is 0 Å². The van der Waals surface area contributed by atoms with E-state index in [1.54, 1.807) is 5.57 Å². The van der Waals surface area contributed by atoms with Gasteiger partial charge in [0, 0.05) is 5.25 Å². The molecule has 0 spiro atoms. The van der Waals surface area contributed by atoms with Crippen LogP contribution in [0.2, 0.25) is 0 Å². The molecular weight excluding hydrogens is 260 g/mol. The zero-order valence-corrected chi connectivity index (χ0v) is 14.5. The molecule has 1 atom stereocenters. The fourth-order valence-electron chi connectivity index (χ4n) is 2.72. The fraction of sp³-hybridized carbons (Fsp3) is 0.789. The van der Waals surface area contributed by atoms with Crippen molar-refractivity contribution in [2.24, 2.45) is 0 Å². The van der Waals surface area contributed by atoms with Gasteiger partial charge in [-0.25, -0.2) is 0 Å². The Morgan fingerprint density at radius 2 is 1.55 bits per heavy atom. The number of unbranched alkanes of at least 4 members (excludes halogenated alkanes) is 9. The normalized spacial score (nSPS) is 15.6. The highest BCUT2D eigenvalue weighted by Crippen LogP contribution is 2.25. The molecule has 1 rings (SSSR count). The molecule has 1 aliphatic carbocycles. The second kappa shape index (κ2) is 12.6. The molecule has 1 unspecified atom stereocenters. The van der Waals surface area contributed by atoms with E-state index in [1.165, 1.54) is 76.4 Å². The maximum absolute atomic E-state index is 2.36. The van der Waals surface area contributed by atoms with Crippen LogP contribution in [0.25, 0.3) is 0 Å². The molecular formula is C19H34S. The lowest BCUT2D eigenvalue weighted by Crippen LogP contribution is -2.00. The molecule has 0 aromatic heterocycles. The highest BCUT2D eigenvalue weighted by Gasteiger charge is 2.09. The maximum Gasteiger partial charge on any atom is 0.0234 e. The molecule has 0 amide bonds. The molecule has 0 aliphatic heterocycles. The van der Waals surface area contributed by atoms with Crippen molar-refractivity contribution in [3.63, 3.8) is 0 Å². The molecule has 0 N–H and O–H groups in total. The zero-order valence-electron chi connectivity index (χ0n) is 13.7. The molecule has 0 heterocycles. The quantitative estimate of drug-likeness (QED) is 0.332. The van der Waals surface area contributed by atoms with Crippen molar-refractivity contribution in [2.45, 2.75) is 89.7 Å². The molecule has 0 aromatic carbocycles. The van der Waals surface area contributed by atoms with Crippen molar-refractivity contribution in [2.75, 3.05) is 5.75 Å². The van der Waals surface area contributed by atoms with Crippen LogP contribution in [-0.2, 0) is 0 Å². The lowest BCUT2D eigenvalue weighted by Gasteiger charge is -2.12. The van der Waals surface area contributed by atoms with Crippen LogP contribution in [0.4, 0.5) is 0 Å². The highest BCUT2D eigenvalue weighted by molar-refractivity contribution is 8.00. The van der Waals surface area contributed by atoms with Gasteiger partial charge in [0.15, 0.2) is 0 Å². The first-order valence-electron chi connectivity index (χ1n) is 8.81. The van der Waals surface area contributed by atoms with E-state index in [9.17, 15) is 0 Å². The van der Waals surface area contributed by atoms with E-state index in [0.29, 0.717) is 0 Å². The van der Waals surface area contributed by atoms with Crippen LogP contribution < -0.4 is 0 Å². The molecule has 0 bridgehead atoms. The van der Waals surface area contributed by atoms with E-state index in [1.807, 2.05) is 0 Å². The predicted octanol–water partition coefficient (Wildman–Crippen LogP) is 6.92. The average molecular weight is 295 g/mol. The Kier molecular flexibility index (Phi) is 11.2. The van der Waals surface area contributed by atoms with Gasteiger partial charge in [0.2, 0.25) is 0 Å². The van der Waals surface area contributed by atoms with Crippen LogP contribution in [0, 0.1) is 0 Å². The topological polar surface area (TPSA) is 0 Å². The summed E-state index contributed by atoms with van der Waals surface area (Å²) < 4.78 is 0. The van der Waals surface area contributed by atoms with Crippen LogP contribution in [0.3, 0.4) is 0 Å². The smallest absolute Gasteiger partial charge is 0.0234 e. The van der Waals surface area contributed by atoms with Crippen molar-refractivity contribution < 1.29 is 0 Å². The van der Waals surface area contributed by atoms with Gasteiger partial charge >= 0.3 is 0 Å². The molecule has 0 saturated heterocycles. The lowest BCUT2D eigenvalue weighted by molar-refractivity contribution is 0.563. The summed E-state index contributed by atoms with van der Waals surface area (Å²) in [6.45, 7) is 4.65. The van der Waals surface area contributed by atoms with E-state index in [-0.39, 0.29) is 0 Å². The van der Waals surface area contributed by atoms with Crippen molar-refractivity contribution in [3.8, 4) is 0 Å². The second-order valence-corrected chi connectivity index (χ2v) is 7.52. The molecule has 20 heavy (non-hydrogen) atoms. The number of hydrogen-bond donors (Lipinski definition) is 0. The molecule has 0 fully saturated rings. The Balaban J connectivity index is 1.78. The molecule has 0 nitrogen and oxygen atoms in total. The Bertz CT molecular complexity index is 277. The van der Waals surface area contributed by atoms with Gasteiger partial charge in [-0.1, -0.05) is 88.5 Å². The van der Waals surface area contributed by atoms with Gasteiger partial charge in [0.1, 0.15) is 0 Å². The summed E-state index contributed by atoms with van der Waals surface area (Å²) in [7, 11) is 0. The third kappa shape index (κ3) is 8.89. The minimum Gasteiger partial charge on any atom is -0.154 e. The number of rotatable bonds is 13. The first kappa shape index (κ1) is 17.9. The molecule has 1 aliphatic rings. The first-order valence-corrected chi connectivity index (χ1v) is 9.86. The van der Waals surface area contributed by atoms with Crippen molar-refractivity contribution in [3.05, 3.63) is 23.8 Å². The molecule has 1 heteroatoms. The van der Waals surface area contributed by atoms with E-state index in [4.69, 9.17) is 0 Å². The second-order valence-electron chi connectivity index (χ2n) is 6.07. The van der Waals surface area contributed by atoms with Crippen molar-refractivity contribution >= 4 is 11.8 Å². The summed E-state index contributed by atoms with van der Waals surface area (Å²) in [5.41, 5.74) is 1.61. The standard InChI is InChI=1S/C19H34S/c1-3-4-5-6-7-8-9-10-11-14-17-20-18(2)19-15-12-13-16-19/h12-13,15,18H,3-11,14,16-17H2,1-2H3. The van der Waals surface area contributed by atoms with E-state index in [0.717, 1.165) is 5.25 Å². The molecule has 0 aromatic rings. The zero-order chi connectivity index (χ0) is 14.5. The molecule has 0 saturated carbocycles. The summed E-state index contributed by atoms with van der Waals surface area (Å²) in [5.74, 6) is 1.34. The Morgan fingerprint density at radius 3 is 2.10 bits per heavy atom. The molecule has 116 valence electrons. The highest BCUT2D eigenvalue weighted by atomic mass is 32.2. The van der Waals surface area contributed by atoms with Crippen molar-refractivity contribution in [1.29, 1.82) is 0 Å². The minimum atomic E-state index is 0.726. The van der Waals surface area contributed by atoms with Crippen LogP contribution >= 0.6 is 11.8 Å². The van der Waals surface area contributed by atoms with Gasteiger partial charge in [-0.2, -0.15) is 11.8 Å². The van der Waals surface area contributed by atoms with Gasteiger partial charge in [0.05, 0.1) is 0 Å². The summed E-state index contributed by atoms with van der Waals surface area (Å²) >= 11 is 2.14. The van der Waals surface area contributed by atoms with Crippen LogP contribution in [-0.4, -0.2) is 11.0 Å². The number of allylic oxidation sites excluding steroid dienone is 3. The van der Waals surface area contributed by atoms with Gasteiger partial charge in [-0.3, -0.25) is 0 Å². The monoisotopic (exact) mass is 294 g/mol. The fourth-order valence-corrected chi connectivity index (χ4v) is 3.84. The van der Waals surface area contributed by atoms with Gasteiger partial charge in [-0.05, 0) is 25.5 Å². The van der Waals surface area contributed by atoms with Gasteiger partial charge in [0.25, 0.3) is 0 Å². The number of thioether (sulfide) groups is 1.